The molecule has 17 heavy (non-hydrogen) atoms. The predicted molar refractivity (Wildman–Crippen MR) is 88.7 cm³/mol. The Kier molecular flexibility index (Phi) is 11.0. The molecule has 0 aromatic carbocycles. The molecule has 0 bridgehead atoms. The van der Waals surface area contributed by atoms with Gasteiger partial charge in [-0.25, -0.2) is 0 Å². The van der Waals surface area contributed by atoms with E-state index < -0.39 is 19.2 Å². The number of hydrogen-bond donors (Lipinski definition) is 0. The van der Waals surface area contributed by atoms with Gasteiger partial charge in [-0.2, -0.15) is 0 Å². The van der Waals surface area contributed by atoms with Crippen molar-refractivity contribution in [2.24, 2.45) is 5.41 Å². The minimum absolute atomic E-state index is 0.490. The largest absolute Gasteiger partial charge is 0.309 e. The molecule has 0 aliphatic rings. The van der Waals surface area contributed by atoms with Gasteiger partial charge in [0.25, 0.3) is 0 Å². The van der Waals surface area contributed by atoms with Crippen molar-refractivity contribution < 1.29 is 0 Å². The van der Waals surface area contributed by atoms with Crippen molar-refractivity contribution in [3.8, 4) is 0 Å². The summed E-state index contributed by atoms with van der Waals surface area (Å²) in [5.41, 5.74) is 0.490. The second-order valence-corrected chi connectivity index (χ2v) is 5.49. The Labute approximate surface area is 116 Å². The maximum absolute atomic E-state index is 5.26. The van der Waals surface area contributed by atoms with Gasteiger partial charge < -0.3 is 4.90 Å². The molecule has 9 heteroatoms. The van der Waals surface area contributed by atoms with Crippen LogP contribution in [0.25, 0.3) is 0 Å². The zero-order chi connectivity index (χ0) is 14.2. The van der Waals surface area contributed by atoms with E-state index >= 15 is 0 Å². The van der Waals surface area contributed by atoms with E-state index in [0.29, 0.717) is 5.41 Å². The molecule has 0 aromatic heterocycles. The van der Waals surface area contributed by atoms with E-state index in [1.807, 2.05) is 0 Å². The van der Waals surface area contributed by atoms with Crippen molar-refractivity contribution in [1.29, 1.82) is 0 Å². The smallest absolute Gasteiger partial charge is 0.00265 e. The van der Waals surface area contributed by atoms with Crippen LogP contribution in [0, 0.1) is 5.41 Å². The SMILES string of the molecule is CCC(C)(C)CN(C)C.[B]B([B])B([B])B([B])[B]. The molecule has 0 aliphatic carbocycles. The lowest BCUT2D eigenvalue weighted by Crippen LogP contribution is -2.52. The monoisotopic (exact) mass is 217 g/mol. The Morgan fingerprint density at radius 1 is 0.941 bits per heavy atom. The Hall–Kier alpha value is 0.479. The van der Waals surface area contributed by atoms with E-state index in [0.717, 1.165) is 0 Å². The summed E-state index contributed by atoms with van der Waals surface area (Å²) in [5.74, 6) is 0. The maximum Gasteiger partial charge on any atom is 0.00265 e. The fourth-order valence-electron chi connectivity index (χ4n) is 1.22. The molecule has 80 valence electrons. The van der Waals surface area contributed by atoms with Crippen molar-refractivity contribution in [3.63, 3.8) is 0 Å². The molecule has 0 rings (SSSR count). The van der Waals surface area contributed by atoms with Crippen LogP contribution in [0.3, 0.4) is 0 Å². The quantitative estimate of drug-likeness (QED) is 0.529. The minimum Gasteiger partial charge on any atom is -0.309 e. The molecule has 0 aromatic rings. The van der Waals surface area contributed by atoms with Crippen molar-refractivity contribution in [2.45, 2.75) is 27.2 Å². The van der Waals surface area contributed by atoms with Gasteiger partial charge in [0.1, 0.15) is 0 Å². The van der Waals surface area contributed by atoms with Gasteiger partial charge in [-0.3, -0.25) is 0 Å². The number of nitrogens with zero attached hydrogens (tertiary/aromatic N) is 1. The Morgan fingerprint density at radius 3 is 1.35 bits per heavy atom. The molecule has 0 aliphatic heterocycles. The average molecular weight is 216 g/mol. The molecule has 0 amide bonds. The van der Waals surface area contributed by atoms with Crippen LogP contribution in [0.1, 0.15) is 27.2 Å². The summed E-state index contributed by atoms with van der Waals surface area (Å²) in [6, 6.07) is 0. The third-order valence-electron chi connectivity index (χ3n) is 2.59. The molecule has 0 N–H and O–H groups in total. The molecular formula is C8H19B8N. The zero-order valence-electron chi connectivity index (χ0n) is 12.0. The molecule has 0 spiro atoms. The van der Waals surface area contributed by atoms with Crippen LogP contribution in [0.5, 0.6) is 0 Å². The summed E-state index contributed by atoms with van der Waals surface area (Å²) in [6.45, 7) is 8.02. The highest BCUT2D eigenvalue weighted by Crippen LogP contribution is 2.19. The lowest BCUT2D eigenvalue weighted by Gasteiger charge is -2.26. The average Bonchev–Trinajstić information content (AvgIpc) is 2.15. The van der Waals surface area contributed by atoms with Gasteiger partial charge in [0, 0.05) is 64.4 Å². The van der Waals surface area contributed by atoms with Crippen molar-refractivity contribution in [3.05, 3.63) is 0 Å². The lowest BCUT2D eigenvalue weighted by atomic mass is 8.68. The first-order valence-electron chi connectivity index (χ1n) is 5.96. The van der Waals surface area contributed by atoms with Crippen LogP contribution >= 0.6 is 0 Å². The molecule has 1 nitrogen and oxygen atoms in total. The minimum atomic E-state index is -0.630. The van der Waals surface area contributed by atoms with Gasteiger partial charge in [0.05, 0.1) is 0 Å². The second-order valence-electron chi connectivity index (χ2n) is 5.49. The Balaban J connectivity index is 0. The van der Waals surface area contributed by atoms with Crippen LogP contribution in [0.4, 0.5) is 0 Å². The van der Waals surface area contributed by atoms with Crippen molar-refractivity contribution in [1.82, 2.24) is 4.90 Å². The third-order valence-corrected chi connectivity index (χ3v) is 2.59. The van der Waals surface area contributed by atoms with E-state index in [4.69, 9.17) is 38.7 Å². The number of rotatable bonds is 5. The first kappa shape index (κ1) is 19.8. The molecule has 0 atom stereocenters. The second kappa shape index (κ2) is 9.41. The first-order valence-corrected chi connectivity index (χ1v) is 5.96. The highest BCUT2D eigenvalue weighted by Gasteiger charge is 2.15. The lowest BCUT2D eigenvalue weighted by molar-refractivity contribution is 0.233. The Bertz CT molecular complexity index is 176. The highest BCUT2D eigenvalue weighted by molar-refractivity contribution is 7.89. The predicted octanol–water partition coefficient (Wildman–Crippen LogP) is -1.06. The summed E-state index contributed by atoms with van der Waals surface area (Å²) in [4.78, 5) is 2.24. The van der Waals surface area contributed by atoms with Gasteiger partial charge in [-0.15, -0.1) is 0 Å². The molecule has 0 fully saturated rings. The van der Waals surface area contributed by atoms with E-state index in [1.165, 1.54) is 13.0 Å². The third kappa shape index (κ3) is 12.7. The maximum atomic E-state index is 5.26. The standard InChI is InChI=1S/C8H19N.B8/c1-6-8(2,3)7-9(4)5;1-6(2)8(5)7(3)4/h6-7H2,1-5H3;. The number of hydrogen-bond acceptors (Lipinski definition) is 1. The first-order chi connectivity index (χ1) is 7.53. The van der Waals surface area contributed by atoms with Gasteiger partial charge in [-0.1, -0.05) is 20.8 Å². The van der Waals surface area contributed by atoms with Crippen LogP contribution in [0.2, 0.25) is 0 Å². The molecule has 10 radical (unpaired) electrons. The Morgan fingerprint density at radius 2 is 1.29 bits per heavy atom. The summed E-state index contributed by atoms with van der Waals surface area (Å²) in [7, 11) is 30.0. The highest BCUT2D eigenvalue weighted by atomic mass is 15.1. The molecular weight excluding hydrogens is 197 g/mol. The van der Waals surface area contributed by atoms with Crippen LogP contribution in [-0.4, -0.2) is 83.4 Å². The van der Waals surface area contributed by atoms with Crippen molar-refractivity contribution >= 4 is 57.8 Å². The van der Waals surface area contributed by atoms with Gasteiger partial charge >= 0.3 is 0 Å². The summed E-state index contributed by atoms with van der Waals surface area (Å²) in [5, 5.41) is 0. The fraction of sp³-hybridized carbons (Fsp3) is 1.00. The van der Waals surface area contributed by atoms with Crippen molar-refractivity contribution in [2.75, 3.05) is 20.6 Å². The molecule has 0 heterocycles. The van der Waals surface area contributed by atoms with E-state index in [-0.39, 0.29) is 0 Å². The summed E-state index contributed by atoms with van der Waals surface area (Å²) < 4.78 is 0. The topological polar surface area (TPSA) is 3.24 Å². The van der Waals surface area contributed by atoms with Crippen LogP contribution in [-0.2, 0) is 0 Å². The molecule has 0 saturated heterocycles. The van der Waals surface area contributed by atoms with Crippen LogP contribution < -0.4 is 0 Å². The van der Waals surface area contributed by atoms with E-state index in [2.05, 4.69) is 39.8 Å². The molecule has 0 saturated carbocycles. The fourth-order valence-corrected chi connectivity index (χ4v) is 1.22. The molecule has 0 unspecified atom stereocenters. The van der Waals surface area contributed by atoms with Gasteiger partial charge in [0.15, 0.2) is 0 Å². The normalized spacial score (nSPS) is 10.5. The zero-order valence-corrected chi connectivity index (χ0v) is 12.0. The van der Waals surface area contributed by atoms with E-state index in [1.54, 1.807) is 0 Å². The van der Waals surface area contributed by atoms with Gasteiger partial charge in [-0.05, 0) is 25.9 Å². The summed E-state index contributed by atoms with van der Waals surface area (Å²) >= 11 is 0. The van der Waals surface area contributed by atoms with Crippen LogP contribution in [0.15, 0.2) is 0 Å². The van der Waals surface area contributed by atoms with E-state index in [9.17, 15) is 0 Å². The van der Waals surface area contributed by atoms with Gasteiger partial charge in [0.2, 0.25) is 0 Å². The summed E-state index contributed by atoms with van der Waals surface area (Å²) in [6.07, 6.45) is -0.523.